The van der Waals surface area contributed by atoms with Crippen molar-refractivity contribution in [2.24, 2.45) is 5.92 Å². The number of carbonyl (C=O) groups excluding carboxylic acids is 1. The van der Waals surface area contributed by atoms with Crippen LogP contribution in [0.2, 0.25) is 0 Å². The van der Waals surface area contributed by atoms with Crippen LogP contribution < -0.4 is 14.4 Å². The van der Waals surface area contributed by atoms with Gasteiger partial charge in [-0.1, -0.05) is 13.0 Å². The van der Waals surface area contributed by atoms with E-state index < -0.39 is 15.9 Å². The summed E-state index contributed by atoms with van der Waals surface area (Å²) in [7, 11) is -4.28. The van der Waals surface area contributed by atoms with E-state index in [9.17, 15) is 13.2 Å². The molecule has 38 heavy (non-hydrogen) atoms. The Kier molecular flexibility index (Phi) is 6.66. The Labute approximate surface area is 222 Å². The normalized spacial score (nSPS) is 16.8. The van der Waals surface area contributed by atoms with Gasteiger partial charge in [-0.15, -0.1) is 0 Å². The van der Waals surface area contributed by atoms with Crippen LogP contribution in [-0.2, 0) is 10.0 Å². The molecule has 1 amide bonds. The fraction of sp³-hybridized carbons (Fsp3) is 0.250. The molecular weight excluding hydrogens is 502 g/mol. The third kappa shape index (κ3) is 4.99. The number of anilines is 1. The standard InChI is InChI=1S/C28H29N5O4S/c1-20-15-19-33(28(20,2)3)26-23(8-7-16-29-26)27(34)31-38(35,36)25-10-6-9-24(30-25)37-22-13-11-21(12-14-22)32-17-4-5-18-32/h4-14,16-18,20H,15,19H2,1-3H3,(H,31,34). The van der Waals surface area contributed by atoms with Gasteiger partial charge in [0, 0.05) is 42.4 Å². The number of rotatable bonds is 7. The molecule has 0 bridgehead atoms. The summed E-state index contributed by atoms with van der Waals surface area (Å²) in [6.45, 7) is 7.08. The number of nitrogens with one attached hydrogen (secondary N) is 1. The zero-order valence-corrected chi connectivity index (χ0v) is 22.2. The molecule has 1 unspecified atom stereocenters. The van der Waals surface area contributed by atoms with Crippen molar-refractivity contribution >= 4 is 21.7 Å². The number of carbonyl (C=O) groups is 1. The van der Waals surface area contributed by atoms with Crippen LogP contribution in [0.3, 0.4) is 0 Å². The first-order chi connectivity index (χ1) is 18.1. The lowest BCUT2D eigenvalue weighted by Crippen LogP contribution is -2.43. The first-order valence-corrected chi connectivity index (χ1v) is 13.8. The van der Waals surface area contributed by atoms with E-state index in [0.29, 0.717) is 17.5 Å². The first-order valence-electron chi connectivity index (χ1n) is 12.3. The van der Waals surface area contributed by atoms with Crippen LogP contribution in [0.4, 0.5) is 5.82 Å². The molecule has 1 aromatic carbocycles. The highest BCUT2D eigenvalue weighted by atomic mass is 32.2. The molecule has 1 atom stereocenters. The van der Waals surface area contributed by atoms with Crippen molar-refractivity contribution in [2.75, 3.05) is 11.4 Å². The summed E-state index contributed by atoms with van der Waals surface area (Å²) in [4.78, 5) is 23.8. The van der Waals surface area contributed by atoms with Gasteiger partial charge in [0.05, 0.1) is 5.56 Å². The average molecular weight is 532 g/mol. The second kappa shape index (κ2) is 9.94. The summed E-state index contributed by atoms with van der Waals surface area (Å²) in [5, 5.41) is -0.326. The van der Waals surface area contributed by atoms with Gasteiger partial charge in [-0.2, -0.15) is 13.4 Å². The monoisotopic (exact) mass is 531 g/mol. The van der Waals surface area contributed by atoms with Crippen molar-refractivity contribution in [2.45, 2.75) is 37.8 Å². The largest absolute Gasteiger partial charge is 0.439 e. The van der Waals surface area contributed by atoms with Crippen molar-refractivity contribution in [1.82, 2.24) is 19.3 Å². The number of nitrogens with zero attached hydrogens (tertiary/aromatic N) is 4. The minimum atomic E-state index is -4.28. The number of ether oxygens (including phenoxy) is 1. The molecule has 9 nitrogen and oxygen atoms in total. The number of benzene rings is 1. The first kappa shape index (κ1) is 25.5. The van der Waals surface area contributed by atoms with Gasteiger partial charge in [0.25, 0.3) is 15.9 Å². The molecule has 1 aliphatic rings. The van der Waals surface area contributed by atoms with Crippen LogP contribution in [0.5, 0.6) is 11.6 Å². The number of sulfonamides is 1. The van der Waals surface area contributed by atoms with E-state index in [-0.39, 0.29) is 22.0 Å². The lowest BCUT2D eigenvalue weighted by atomic mass is 9.90. The van der Waals surface area contributed by atoms with Gasteiger partial charge in [-0.05, 0) is 80.8 Å². The molecule has 0 spiro atoms. The number of pyridine rings is 2. The average Bonchev–Trinajstić information content (AvgIpc) is 3.53. The van der Waals surface area contributed by atoms with Gasteiger partial charge in [-0.3, -0.25) is 4.79 Å². The predicted octanol–water partition coefficient (Wildman–Crippen LogP) is 4.80. The van der Waals surface area contributed by atoms with Crippen LogP contribution >= 0.6 is 0 Å². The molecule has 196 valence electrons. The Balaban J connectivity index is 1.34. The zero-order valence-electron chi connectivity index (χ0n) is 21.4. The minimum absolute atomic E-state index is 0.0870. The lowest BCUT2D eigenvalue weighted by molar-refractivity contribution is 0.0981. The van der Waals surface area contributed by atoms with Crippen LogP contribution in [-0.4, -0.2) is 40.9 Å². The van der Waals surface area contributed by atoms with Crippen LogP contribution in [0.1, 0.15) is 37.6 Å². The minimum Gasteiger partial charge on any atom is -0.439 e. The van der Waals surface area contributed by atoms with Crippen molar-refractivity contribution < 1.29 is 17.9 Å². The quantitative estimate of drug-likeness (QED) is 0.365. The van der Waals surface area contributed by atoms with Crippen molar-refractivity contribution in [3.05, 3.63) is 90.9 Å². The molecule has 0 aliphatic carbocycles. The smallest absolute Gasteiger partial charge is 0.281 e. The van der Waals surface area contributed by atoms with E-state index in [2.05, 4.69) is 40.4 Å². The Morgan fingerprint density at radius 1 is 1.03 bits per heavy atom. The highest BCUT2D eigenvalue weighted by molar-refractivity contribution is 7.90. The maximum absolute atomic E-state index is 13.2. The topological polar surface area (TPSA) is 106 Å². The molecular formula is C28H29N5O4S. The van der Waals surface area contributed by atoms with E-state index in [1.54, 1.807) is 36.5 Å². The maximum Gasteiger partial charge on any atom is 0.281 e. The van der Waals surface area contributed by atoms with E-state index in [4.69, 9.17) is 4.74 Å². The number of amides is 1. The van der Waals surface area contributed by atoms with Crippen molar-refractivity contribution in [3.63, 3.8) is 0 Å². The second-order valence-corrected chi connectivity index (χ2v) is 11.4. The van der Waals surface area contributed by atoms with Gasteiger partial charge >= 0.3 is 0 Å². The van der Waals surface area contributed by atoms with Gasteiger partial charge in [-0.25, -0.2) is 9.71 Å². The van der Waals surface area contributed by atoms with E-state index in [1.165, 1.54) is 12.1 Å². The lowest BCUT2D eigenvalue weighted by Gasteiger charge is -2.36. The summed E-state index contributed by atoms with van der Waals surface area (Å²) < 4.78 is 36.1. The van der Waals surface area contributed by atoms with Gasteiger partial charge in [0.2, 0.25) is 5.88 Å². The number of hydrogen-bond acceptors (Lipinski definition) is 7. The fourth-order valence-electron chi connectivity index (χ4n) is 4.54. The SMILES string of the molecule is CC1CCN(c2ncccc2C(=O)NS(=O)(=O)c2cccc(Oc3ccc(-n4cccc4)cc3)n2)C1(C)C. The summed E-state index contributed by atoms with van der Waals surface area (Å²) in [6, 6.07) is 18.7. The van der Waals surface area contributed by atoms with Crippen LogP contribution in [0.25, 0.3) is 5.69 Å². The molecule has 4 aromatic rings. The molecule has 5 rings (SSSR count). The zero-order chi connectivity index (χ0) is 26.9. The molecule has 1 aliphatic heterocycles. The molecule has 10 heteroatoms. The van der Waals surface area contributed by atoms with Gasteiger partial charge < -0.3 is 14.2 Å². The maximum atomic E-state index is 13.2. The molecule has 1 fully saturated rings. The summed E-state index contributed by atoms with van der Waals surface area (Å²) >= 11 is 0. The van der Waals surface area contributed by atoms with Gasteiger partial charge in [0.15, 0.2) is 5.03 Å². The summed E-state index contributed by atoms with van der Waals surface area (Å²) in [5.41, 5.74) is 0.916. The summed E-state index contributed by atoms with van der Waals surface area (Å²) in [5.74, 6) is 0.666. The Morgan fingerprint density at radius 2 is 1.76 bits per heavy atom. The molecule has 0 saturated carbocycles. The Bertz CT molecular complexity index is 1550. The van der Waals surface area contributed by atoms with Gasteiger partial charge in [0.1, 0.15) is 11.6 Å². The number of aromatic nitrogens is 3. The fourth-order valence-corrected chi connectivity index (χ4v) is 5.47. The highest BCUT2D eigenvalue weighted by Gasteiger charge is 2.40. The summed E-state index contributed by atoms with van der Waals surface area (Å²) in [6.07, 6.45) is 6.42. The van der Waals surface area contributed by atoms with Crippen LogP contribution in [0.15, 0.2) is 90.3 Å². The Morgan fingerprint density at radius 3 is 2.45 bits per heavy atom. The molecule has 3 aromatic heterocycles. The Hall–Kier alpha value is -4.18. The van der Waals surface area contributed by atoms with E-state index in [1.807, 2.05) is 41.2 Å². The van der Waals surface area contributed by atoms with E-state index in [0.717, 1.165) is 18.7 Å². The molecule has 0 radical (unpaired) electrons. The third-order valence-electron chi connectivity index (χ3n) is 7.14. The van der Waals surface area contributed by atoms with Crippen molar-refractivity contribution in [3.8, 4) is 17.3 Å². The molecule has 1 saturated heterocycles. The third-order valence-corrected chi connectivity index (χ3v) is 8.37. The highest BCUT2D eigenvalue weighted by Crippen LogP contribution is 2.38. The molecule has 1 N–H and O–H groups in total. The van der Waals surface area contributed by atoms with E-state index >= 15 is 0 Å². The van der Waals surface area contributed by atoms with Crippen LogP contribution in [0, 0.1) is 5.92 Å². The second-order valence-electron chi connectivity index (χ2n) is 9.80. The van der Waals surface area contributed by atoms with Crippen molar-refractivity contribution in [1.29, 1.82) is 0 Å². The molecule has 4 heterocycles. The number of hydrogen-bond donors (Lipinski definition) is 1. The predicted molar refractivity (Wildman–Crippen MR) is 144 cm³/mol.